The normalized spacial score (nSPS) is 35.9. The summed E-state index contributed by atoms with van der Waals surface area (Å²) in [6.45, 7) is 3.58. The van der Waals surface area contributed by atoms with Crippen LogP contribution in [0.5, 0.6) is 0 Å². The van der Waals surface area contributed by atoms with E-state index in [1.54, 1.807) is 6.92 Å². The molecule has 11 heteroatoms. The van der Waals surface area contributed by atoms with Crippen molar-refractivity contribution in [3.63, 3.8) is 0 Å². The molecule has 0 bridgehead atoms. The maximum atomic E-state index is 14.0. The Bertz CT molecular complexity index is 737. The number of aliphatic carboxylic acids is 2. The minimum atomic E-state index is -4.94. The minimum absolute atomic E-state index is 0.0658. The maximum absolute atomic E-state index is 14.0. The molecule has 1 saturated heterocycles. The summed E-state index contributed by atoms with van der Waals surface area (Å²) >= 11 is 0. The van der Waals surface area contributed by atoms with Gasteiger partial charge in [-0.15, -0.1) is 0 Å². The lowest BCUT2D eigenvalue weighted by Crippen LogP contribution is -2.49. The van der Waals surface area contributed by atoms with Crippen LogP contribution >= 0.6 is 0 Å². The van der Waals surface area contributed by atoms with Crippen LogP contribution in [0.25, 0.3) is 0 Å². The third kappa shape index (κ3) is 4.68. The summed E-state index contributed by atoms with van der Waals surface area (Å²) < 4.78 is 53.1. The highest BCUT2D eigenvalue weighted by molar-refractivity contribution is 5.93. The molecule has 0 aromatic rings. The van der Waals surface area contributed by atoms with Gasteiger partial charge in [0.15, 0.2) is 5.92 Å². The van der Waals surface area contributed by atoms with Crippen LogP contribution in [0, 0.1) is 29.6 Å². The molecule has 0 aromatic heterocycles. The van der Waals surface area contributed by atoms with Gasteiger partial charge in [0.25, 0.3) is 0 Å². The first kappa shape index (κ1) is 23.8. The van der Waals surface area contributed by atoms with E-state index in [1.165, 1.54) is 7.11 Å². The highest BCUT2D eigenvalue weighted by Crippen LogP contribution is 2.55. The van der Waals surface area contributed by atoms with Gasteiger partial charge >= 0.3 is 18.1 Å². The van der Waals surface area contributed by atoms with E-state index >= 15 is 0 Å². The molecule has 0 aromatic carbocycles. The molecule has 2 unspecified atom stereocenters. The van der Waals surface area contributed by atoms with Crippen molar-refractivity contribution in [2.24, 2.45) is 29.6 Å². The zero-order chi connectivity index (χ0) is 23.1. The number of carbonyl (C=O) groups is 2. The fraction of sp³-hybridized carbons (Fsp3) is 0.800. The molecule has 0 spiro atoms. The van der Waals surface area contributed by atoms with Gasteiger partial charge < -0.3 is 19.7 Å². The van der Waals surface area contributed by atoms with E-state index in [0.717, 1.165) is 0 Å². The summed E-state index contributed by atoms with van der Waals surface area (Å²) in [5.74, 6) is -9.16. The smallest absolute Gasteiger partial charge is 0.448 e. The van der Waals surface area contributed by atoms with Gasteiger partial charge in [0.2, 0.25) is 17.8 Å². The summed E-state index contributed by atoms with van der Waals surface area (Å²) in [5, 5.41) is 18.5. The Morgan fingerprint density at radius 3 is 2.42 bits per heavy atom. The Morgan fingerprint density at radius 1 is 1.23 bits per heavy atom. The average Bonchev–Trinajstić information content (AvgIpc) is 2.79. The Kier molecular flexibility index (Phi) is 6.60. The molecular formula is C20H27F3O8. The average molecular weight is 452 g/mol. The Hall–Kier alpha value is -1.85. The van der Waals surface area contributed by atoms with Gasteiger partial charge in [0.1, 0.15) is 0 Å². The van der Waals surface area contributed by atoms with Gasteiger partial charge in [-0.1, -0.05) is 6.92 Å². The van der Waals surface area contributed by atoms with Crippen LogP contribution in [0.1, 0.15) is 46.0 Å². The molecule has 2 N–H and O–H groups in total. The van der Waals surface area contributed by atoms with Crippen molar-refractivity contribution in [2.45, 2.75) is 64.2 Å². The van der Waals surface area contributed by atoms with E-state index in [9.17, 15) is 33.0 Å². The van der Waals surface area contributed by atoms with Gasteiger partial charge in [-0.05, 0) is 55.9 Å². The SMILES string of the molecule is COOC1(C)CC[C@@H]2C3[C@H](OC(C(F)(F)F)=C(CC(C(=O)O)C(=O)O)[C@@H]3CC[C@H]2C)O1. The van der Waals surface area contributed by atoms with E-state index in [1.807, 2.05) is 6.92 Å². The highest BCUT2D eigenvalue weighted by Gasteiger charge is 2.57. The van der Waals surface area contributed by atoms with Gasteiger partial charge in [-0.25, -0.2) is 9.78 Å². The molecule has 1 aliphatic carbocycles. The zero-order valence-electron chi connectivity index (χ0n) is 17.5. The number of carboxylic acids is 2. The van der Waals surface area contributed by atoms with Gasteiger partial charge in [0, 0.05) is 12.3 Å². The lowest BCUT2D eigenvalue weighted by molar-refractivity contribution is -0.438. The van der Waals surface area contributed by atoms with Crippen molar-refractivity contribution in [2.75, 3.05) is 7.11 Å². The van der Waals surface area contributed by atoms with E-state index in [2.05, 4.69) is 0 Å². The molecule has 2 fully saturated rings. The lowest BCUT2D eigenvalue weighted by Gasteiger charge is -2.48. The second kappa shape index (κ2) is 8.59. The predicted molar refractivity (Wildman–Crippen MR) is 97.0 cm³/mol. The van der Waals surface area contributed by atoms with E-state index in [0.29, 0.717) is 25.7 Å². The summed E-state index contributed by atoms with van der Waals surface area (Å²) in [6, 6.07) is 0. The third-order valence-corrected chi connectivity index (χ3v) is 6.74. The predicted octanol–water partition coefficient (Wildman–Crippen LogP) is 3.72. The fourth-order valence-electron chi connectivity index (χ4n) is 5.31. The number of rotatable bonds is 6. The number of alkyl halides is 3. The van der Waals surface area contributed by atoms with Crippen LogP contribution in [-0.2, 0) is 28.8 Å². The van der Waals surface area contributed by atoms with Crippen molar-refractivity contribution in [3.8, 4) is 0 Å². The Labute approximate surface area is 177 Å². The molecule has 176 valence electrons. The maximum Gasteiger partial charge on any atom is 0.448 e. The molecule has 0 radical (unpaired) electrons. The number of hydrogen-bond acceptors (Lipinski definition) is 6. The van der Waals surface area contributed by atoms with Crippen LogP contribution in [0.15, 0.2) is 11.3 Å². The quantitative estimate of drug-likeness (QED) is 0.356. The minimum Gasteiger partial charge on any atom is -0.481 e. The fourth-order valence-corrected chi connectivity index (χ4v) is 5.31. The molecule has 3 rings (SSSR count). The molecule has 1 saturated carbocycles. The standard InChI is InChI=1S/C20H27F3O8/c1-9-4-5-11-12(8-13(16(24)25)17(26)27)15(20(21,22)23)29-18-14(11)10(9)6-7-19(2,30-18)31-28-3/h9-11,13-14,18H,4-8H2,1-3H3,(H,24,25)(H,26,27)/t9-,10+,11+,14?,18-,19?/m1/s1. The van der Waals surface area contributed by atoms with Gasteiger partial charge in [-0.2, -0.15) is 13.2 Å². The number of hydrogen-bond donors (Lipinski definition) is 2. The number of ether oxygens (including phenoxy) is 2. The molecule has 6 atom stereocenters. The monoisotopic (exact) mass is 452 g/mol. The van der Waals surface area contributed by atoms with E-state index in [-0.39, 0.29) is 17.4 Å². The summed E-state index contributed by atoms with van der Waals surface area (Å²) in [6.07, 6.45) is -5.07. The number of carboxylic acid groups (broad SMARTS) is 2. The molecule has 8 nitrogen and oxygen atoms in total. The first-order valence-electron chi connectivity index (χ1n) is 10.2. The summed E-state index contributed by atoms with van der Waals surface area (Å²) in [5.41, 5.74) is -0.305. The van der Waals surface area contributed by atoms with Crippen molar-refractivity contribution < 1.29 is 52.2 Å². The van der Waals surface area contributed by atoms with Crippen molar-refractivity contribution >= 4 is 11.9 Å². The van der Waals surface area contributed by atoms with Crippen molar-refractivity contribution in [1.82, 2.24) is 0 Å². The largest absolute Gasteiger partial charge is 0.481 e. The molecule has 3 aliphatic rings. The van der Waals surface area contributed by atoms with Crippen molar-refractivity contribution in [1.29, 1.82) is 0 Å². The van der Waals surface area contributed by atoms with Crippen LogP contribution < -0.4 is 0 Å². The first-order valence-corrected chi connectivity index (χ1v) is 10.2. The Morgan fingerprint density at radius 2 is 1.87 bits per heavy atom. The van der Waals surface area contributed by atoms with Gasteiger partial charge in [-0.3, -0.25) is 9.59 Å². The zero-order valence-corrected chi connectivity index (χ0v) is 17.5. The number of halogens is 3. The molecule has 31 heavy (non-hydrogen) atoms. The second-order valence-corrected chi connectivity index (χ2v) is 8.71. The van der Waals surface area contributed by atoms with Crippen LogP contribution in [0.2, 0.25) is 0 Å². The first-order chi connectivity index (χ1) is 14.4. The summed E-state index contributed by atoms with van der Waals surface area (Å²) in [4.78, 5) is 32.8. The third-order valence-electron chi connectivity index (χ3n) is 6.74. The lowest BCUT2D eigenvalue weighted by atomic mass is 9.61. The topological polar surface area (TPSA) is 112 Å². The van der Waals surface area contributed by atoms with Crippen molar-refractivity contribution in [3.05, 3.63) is 11.3 Å². The van der Waals surface area contributed by atoms with E-state index < -0.39 is 60.1 Å². The van der Waals surface area contributed by atoms with Crippen LogP contribution in [-0.4, -0.2) is 47.5 Å². The summed E-state index contributed by atoms with van der Waals surface area (Å²) in [7, 11) is 1.27. The van der Waals surface area contributed by atoms with Crippen LogP contribution in [0.3, 0.4) is 0 Å². The molecule has 2 heterocycles. The molecular weight excluding hydrogens is 425 g/mol. The molecule has 2 aliphatic heterocycles. The Balaban J connectivity index is 2.09. The van der Waals surface area contributed by atoms with Gasteiger partial charge in [0.05, 0.1) is 7.11 Å². The molecule has 0 amide bonds. The highest BCUT2D eigenvalue weighted by atomic mass is 19.4. The van der Waals surface area contributed by atoms with E-state index in [4.69, 9.17) is 19.2 Å². The van der Waals surface area contributed by atoms with Crippen LogP contribution in [0.4, 0.5) is 13.2 Å². The second-order valence-electron chi connectivity index (χ2n) is 8.71. The number of allylic oxidation sites excluding steroid dienone is 2.